The molecule has 5 rings (SSSR count). The highest BCUT2D eigenvalue weighted by molar-refractivity contribution is 8.14. The van der Waals surface area contributed by atoms with Crippen molar-refractivity contribution in [3.63, 3.8) is 0 Å². The number of anilines is 1. The molecule has 3 aromatic carbocycles. The lowest BCUT2D eigenvalue weighted by Crippen LogP contribution is -2.05. The molecule has 190 valence electrons. The predicted octanol–water partition coefficient (Wildman–Crippen LogP) is 7.23. The topological polar surface area (TPSA) is 55.1 Å². The summed E-state index contributed by atoms with van der Waals surface area (Å²) in [5.74, 6) is 1.01. The Kier molecular flexibility index (Phi) is 6.44. The molecular formula is C25H17F6N5S. The fourth-order valence-electron chi connectivity index (χ4n) is 3.66. The molecule has 0 aliphatic carbocycles. The Bertz CT molecular complexity index is 1410. The van der Waals surface area contributed by atoms with E-state index in [4.69, 9.17) is 0 Å². The third-order valence-corrected chi connectivity index (χ3v) is 6.58. The SMILES string of the molecule is FC(F)(F)c1ccc(C2CSC(Nc3ccc(-c4ncn(-c5ccc(C(F)(F)F)cc5)n4)cc3)=N2)cc1. The molecule has 0 saturated heterocycles. The third kappa shape index (κ3) is 5.63. The first-order chi connectivity index (χ1) is 17.6. The Hall–Kier alpha value is -3.80. The molecule has 37 heavy (non-hydrogen) atoms. The van der Waals surface area contributed by atoms with Gasteiger partial charge in [-0.25, -0.2) is 9.67 Å². The van der Waals surface area contributed by atoms with Crippen molar-refractivity contribution in [2.75, 3.05) is 11.1 Å². The number of nitrogens with zero attached hydrogens (tertiary/aromatic N) is 4. The van der Waals surface area contributed by atoms with Crippen molar-refractivity contribution in [1.82, 2.24) is 14.8 Å². The van der Waals surface area contributed by atoms with Gasteiger partial charge in [0.25, 0.3) is 0 Å². The van der Waals surface area contributed by atoms with E-state index in [0.717, 1.165) is 30.0 Å². The van der Waals surface area contributed by atoms with Gasteiger partial charge >= 0.3 is 12.4 Å². The van der Waals surface area contributed by atoms with Crippen molar-refractivity contribution in [2.24, 2.45) is 4.99 Å². The molecule has 1 unspecified atom stereocenters. The molecular weight excluding hydrogens is 516 g/mol. The quantitative estimate of drug-likeness (QED) is 0.281. The number of halogens is 6. The van der Waals surface area contributed by atoms with Crippen molar-refractivity contribution in [2.45, 2.75) is 18.4 Å². The van der Waals surface area contributed by atoms with Gasteiger partial charge in [0, 0.05) is 17.0 Å². The Morgan fingerprint density at radius 3 is 1.97 bits per heavy atom. The zero-order valence-corrected chi connectivity index (χ0v) is 19.6. The number of alkyl halides is 6. The minimum absolute atomic E-state index is 0.243. The number of hydrogen-bond acceptors (Lipinski definition) is 5. The van der Waals surface area contributed by atoms with Crippen molar-refractivity contribution in [1.29, 1.82) is 0 Å². The number of aromatic nitrogens is 3. The maximum absolute atomic E-state index is 12.8. The predicted molar refractivity (Wildman–Crippen MR) is 129 cm³/mol. The molecule has 12 heteroatoms. The Morgan fingerprint density at radius 2 is 1.38 bits per heavy atom. The van der Waals surface area contributed by atoms with E-state index in [9.17, 15) is 26.3 Å². The van der Waals surface area contributed by atoms with Crippen LogP contribution in [0.15, 0.2) is 84.1 Å². The maximum Gasteiger partial charge on any atom is 0.416 e. The summed E-state index contributed by atoms with van der Waals surface area (Å²) >= 11 is 1.47. The van der Waals surface area contributed by atoms with Crippen molar-refractivity contribution in [3.8, 4) is 17.1 Å². The molecule has 0 radical (unpaired) electrons. The van der Waals surface area contributed by atoms with E-state index in [1.165, 1.54) is 47.0 Å². The molecule has 1 aliphatic rings. The molecule has 1 N–H and O–H groups in total. The summed E-state index contributed by atoms with van der Waals surface area (Å²) in [5.41, 5.74) is 1.19. The number of benzene rings is 3. The van der Waals surface area contributed by atoms with Crippen LogP contribution in [0.4, 0.5) is 32.0 Å². The van der Waals surface area contributed by atoms with E-state index in [-0.39, 0.29) is 6.04 Å². The van der Waals surface area contributed by atoms with Gasteiger partial charge in [-0.15, -0.1) is 5.10 Å². The smallest absolute Gasteiger partial charge is 0.335 e. The van der Waals surface area contributed by atoms with Gasteiger partial charge in [-0.1, -0.05) is 23.9 Å². The van der Waals surface area contributed by atoms with Gasteiger partial charge in [0.05, 0.1) is 22.9 Å². The maximum atomic E-state index is 12.8. The van der Waals surface area contributed by atoms with Crippen molar-refractivity contribution in [3.05, 3.63) is 95.8 Å². The van der Waals surface area contributed by atoms with E-state index in [2.05, 4.69) is 20.4 Å². The van der Waals surface area contributed by atoms with Gasteiger partial charge in [0.15, 0.2) is 11.0 Å². The fourth-order valence-corrected chi connectivity index (χ4v) is 4.63. The minimum Gasteiger partial charge on any atom is -0.335 e. The summed E-state index contributed by atoms with van der Waals surface area (Å²) in [6.45, 7) is 0. The summed E-state index contributed by atoms with van der Waals surface area (Å²) in [7, 11) is 0. The average molecular weight is 534 g/mol. The van der Waals surface area contributed by atoms with E-state index in [1.807, 2.05) is 12.1 Å². The number of thioether (sulfide) groups is 1. The largest absolute Gasteiger partial charge is 0.416 e. The van der Waals surface area contributed by atoms with Crippen LogP contribution in [-0.2, 0) is 12.4 Å². The van der Waals surface area contributed by atoms with E-state index in [0.29, 0.717) is 33.6 Å². The molecule has 0 fully saturated rings. The van der Waals surface area contributed by atoms with Gasteiger partial charge in [-0.05, 0) is 66.2 Å². The minimum atomic E-state index is -4.41. The molecule has 4 aromatic rings. The highest BCUT2D eigenvalue weighted by atomic mass is 32.2. The molecule has 1 atom stereocenters. The number of hydrogen-bond donors (Lipinski definition) is 1. The number of rotatable bonds is 4. The van der Waals surface area contributed by atoms with E-state index < -0.39 is 23.5 Å². The number of amidine groups is 1. The summed E-state index contributed by atoms with van der Waals surface area (Å²) in [5, 5.41) is 8.20. The summed E-state index contributed by atoms with van der Waals surface area (Å²) < 4.78 is 78.1. The Morgan fingerprint density at radius 1 is 0.784 bits per heavy atom. The monoisotopic (exact) mass is 533 g/mol. The third-order valence-electron chi connectivity index (χ3n) is 5.62. The normalized spacial score (nSPS) is 16.1. The van der Waals surface area contributed by atoms with Crippen molar-refractivity contribution < 1.29 is 26.3 Å². The summed E-state index contributed by atoms with van der Waals surface area (Å²) in [4.78, 5) is 8.82. The second-order valence-electron chi connectivity index (χ2n) is 8.14. The number of aliphatic imine (C=N–C) groups is 1. The van der Waals surface area contributed by atoms with Crippen LogP contribution in [0.25, 0.3) is 17.1 Å². The first-order valence-corrected chi connectivity index (χ1v) is 11.9. The molecule has 1 aromatic heterocycles. The zero-order valence-electron chi connectivity index (χ0n) is 18.8. The first-order valence-electron chi connectivity index (χ1n) is 10.9. The molecule has 5 nitrogen and oxygen atoms in total. The molecule has 1 aliphatic heterocycles. The van der Waals surface area contributed by atoms with Crippen LogP contribution in [0.3, 0.4) is 0 Å². The van der Waals surface area contributed by atoms with Crippen LogP contribution >= 0.6 is 11.8 Å². The van der Waals surface area contributed by atoms with Crippen LogP contribution < -0.4 is 5.32 Å². The molecule has 2 heterocycles. The van der Waals surface area contributed by atoms with Crippen LogP contribution in [0.5, 0.6) is 0 Å². The standard InChI is InChI=1S/C25H17F6N5S/c26-24(27,28)17-5-1-15(2-6-17)21-13-37-23(34-21)33-19-9-3-16(4-10-19)22-32-14-36(35-22)20-11-7-18(8-12-20)25(29,30)31/h1-12,14,21H,13H2,(H,33,34). The van der Waals surface area contributed by atoms with Crippen LogP contribution in [0, 0.1) is 0 Å². The summed E-state index contributed by atoms with van der Waals surface area (Å²) in [6, 6.07) is 16.6. The summed E-state index contributed by atoms with van der Waals surface area (Å²) in [6.07, 6.45) is -7.36. The van der Waals surface area contributed by atoms with Crippen LogP contribution in [-0.4, -0.2) is 25.7 Å². The molecule has 0 saturated carbocycles. The van der Waals surface area contributed by atoms with Gasteiger partial charge in [-0.2, -0.15) is 26.3 Å². The van der Waals surface area contributed by atoms with Gasteiger partial charge in [0.1, 0.15) is 6.33 Å². The second-order valence-corrected chi connectivity index (χ2v) is 9.15. The van der Waals surface area contributed by atoms with Crippen molar-refractivity contribution >= 4 is 22.6 Å². The van der Waals surface area contributed by atoms with Crippen LogP contribution in [0.2, 0.25) is 0 Å². The highest BCUT2D eigenvalue weighted by Gasteiger charge is 2.31. The van der Waals surface area contributed by atoms with Gasteiger partial charge in [0.2, 0.25) is 0 Å². The van der Waals surface area contributed by atoms with Gasteiger partial charge in [-0.3, -0.25) is 4.99 Å². The molecule has 0 bridgehead atoms. The Labute approximate surface area is 211 Å². The average Bonchev–Trinajstić information content (AvgIpc) is 3.54. The first kappa shape index (κ1) is 24.9. The van der Waals surface area contributed by atoms with E-state index in [1.54, 1.807) is 12.1 Å². The fraction of sp³-hybridized carbons (Fsp3) is 0.160. The lowest BCUT2D eigenvalue weighted by atomic mass is 10.1. The van der Waals surface area contributed by atoms with Crippen LogP contribution in [0.1, 0.15) is 22.7 Å². The lowest BCUT2D eigenvalue weighted by Gasteiger charge is -2.09. The highest BCUT2D eigenvalue weighted by Crippen LogP contribution is 2.34. The zero-order chi connectivity index (χ0) is 26.2. The molecule has 0 amide bonds. The Balaban J connectivity index is 1.24. The second kappa shape index (κ2) is 9.58. The van der Waals surface area contributed by atoms with E-state index >= 15 is 0 Å². The lowest BCUT2D eigenvalue weighted by molar-refractivity contribution is -0.138. The molecule has 0 spiro atoms. The van der Waals surface area contributed by atoms with Gasteiger partial charge < -0.3 is 5.32 Å². The number of nitrogens with one attached hydrogen (secondary N) is 1.